The molecule has 0 saturated carbocycles. The van der Waals surface area contributed by atoms with Crippen LogP contribution in [0.15, 0.2) is 54.7 Å². The molecule has 138 valence electrons. The van der Waals surface area contributed by atoms with Crippen molar-refractivity contribution >= 4 is 5.91 Å². The summed E-state index contributed by atoms with van der Waals surface area (Å²) in [5.74, 6) is 0.126. The van der Waals surface area contributed by atoms with E-state index in [0.717, 1.165) is 48.4 Å². The summed E-state index contributed by atoms with van der Waals surface area (Å²) in [5.41, 5.74) is 4.85. The Labute approximate surface area is 159 Å². The first kappa shape index (κ1) is 17.5. The number of amides is 1. The number of aryl methyl sites for hydroxylation is 1. The van der Waals surface area contributed by atoms with E-state index < -0.39 is 0 Å². The fourth-order valence-electron chi connectivity index (χ4n) is 3.55. The van der Waals surface area contributed by atoms with E-state index in [2.05, 4.69) is 41.5 Å². The fraction of sp³-hybridized carbons (Fsp3) is 0.318. The molecule has 1 fully saturated rings. The third kappa shape index (κ3) is 3.77. The Balaban J connectivity index is 1.57. The molecule has 0 atom stereocenters. The van der Waals surface area contributed by atoms with E-state index in [-0.39, 0.29) is 5.91 Å². The quantitative estimate of drug-likeness (QED) is 0.701. The van der Waals surface area contributed by atoms with Crippen LogP contribution in [0.3, 0.4) is 0 Å². The van der Waals surface area contributed by atoms with Crippen molar-refractivity contribution in [2.45, 2.75) is 32.6 Å². The monoisotopic (exact) mass is 360 g/mol. The molecule has 1 aromatic heterocycles. The van der Waals surface area contributed by atoms with E-state index >= 15 is 0 Å². The number of nitrogens with zero attached hydrogens (tertiary/aromatic N) is 4. The minimum atomic E-state index is 0.126. The molecule has 5 nitrogen and oxygen atoms in total. The molecule has 1 amide bonds. The number of benzene rings is 2. The van der Waals surface area contributed by atoms with Crippen LogP contribution < -0.4 is 0 Å². The van der Waals surface area contributed by atoms with E-state index in [1.165, 1.54) is 18.4 Å². The van der Waals surface area contributed by atoms with Crippen LogP contribution in [-0.4, -0.2) is 38.9 Å². The average molecular weight is 360 g/mol. The lowest BCUT2D eigenvalue weighted by molar-refractivity contribution is 0.0761. The maximum Gasteiger partial charge on any atom is 0.253 e. The summed E-state index contributed by atoms with van der Waals surface area (Å²) in [6.45, 7) is 3.79. The van der Waals surface area contributed by atoms with Gasteiger partial charge in [0.15, 0.2) is 0 Å². The molecule has 0 spiro atoms. The van der Waals surface area contributed by atoms with Crippen LogP contribution in [0.4, 0.5) is 0 Å². The van der Waals surface area contributed by atoms with E-state index in [9.17, 15) is 4.79 Å². The second-order valence-electron chi connectivity index (χ2n) is 7.15. The van der Waals surface area contributed by atoms with Crippen molar-refractivity contribution in [3.63, 3.8) is 0 Å². The van der Waals surface area contributed by atoms with Crippen LogP contribution in [0, 0.1) is 6.92 Å². The normalized spacial score (nSPS) is 14.8. The van der Waals surface area contributed by atoms with Gasteiger partial charge in [-0.05, 0) is 44.0 Å². The second kappa shape index (κ2) is 7.74. The van der Waals surface area contributed by atoms with Gasteiger partial charge in [0.1, 0.15) is 0 Å². The topological polar surface area (TPSA) is 51.0 Å². The Morgan fingerprint density at radius 2 is 1.56 bits per heavy atom. The first-order valence-electron chi connectivity index (χ1n) is 9.60. The highest BCUT2D eigenvalue weighted by molar-refractivity contribution is 5.94. The molecule has 0 unspecified atom stereocenters. The third-order valence-electron chi connectivity index (χ3n) is 5.15. The molecule has 1 saturated heterocycles. The summed E-state index contributed by atoms with van der Waals surface area (Å²) >= 11 is 0. The smallest absolute Gasteiger partial charge is 0.253 e. The molecule has 27 heavy (non-hydrogen) atoms. The fourth-order valence-corrected chi connectivity index (χ4v) is 3.55. The molecule has 4 rings (SSSR count). The largest absolute Gasteiger partial charge is 0.339 e. The zero-order valence-corrected chi connectivity index (χ0v) is 15.6. The van der Waals surface area contributed by atoms with Crippen molar-refractivity contribution in [1.82, 2.24) is 19.9 Å². The first-order chi connectivity index (χ1) is 13.2. The van der Waals surface area contributed by atoms with Gasteiger partial charge in [-0.15, -0.1) is 5.10 Å². The molecule has 2 aromatic carbocycles. The highest BCUT2D eigenvalue weighted by Gasteiger charge is 2.17. The summed E-state index contributed by atoms with van der Waals surface area (Å²) in [4.78, 5) is 14.7. The summed E-state index contributed by atoms with van der Waals surface area (Å²) < 4.78 is 1.81. The van der Waals surface area contributed by atoms with Gasteiger partial charge in [0.25, 0.3) is 5.91 Å². The van der Waals surface area contributed by atoms with Crippen molar-refractivity contribution in [3.8, 4) is 16.9 Å². The van der Waals surface area contributed by atoms with Crippen molar-refractivity contribution in [2.75, 3.05) is 13.1 Å². The van der Waals surface area contributed by atoms with Gasteiger partial charge in [0.2, 0.25) is 0 Å². The maximum atomic E-state index is 12.8. The van der Waals surface area contributed by atoms with Gasteiger partial charge < -0.3 is 4.90 Å². The predicted octanol–water partition coefficient (Wildman–Crippen LogP) is 4.26. The molecule has 0 N–H and O–H groups in total. The average Bonchev–Trinajstić information content (AvgIpc) is 3.03. The number of hydrogen-bond donors (Lipinski definition) is 0. The molecule has 2 heterocycles. The minimum absolute atomic E-state index is 0.126. The first-order valence-corrected chi connectivity index (χ1v) is 9.60. The lowest BCUT2D eigenvalue weighted by Crippen LogP contribution is -2.31. The molecule has 3 aromatic rings. The number of aromatic nitrogens is 3. The van der Waals surface area contributed by atoms with Gasteiger partial charge in [-0.1, -0.05) is 47.9 Å². The Morgan fingerprint density at radius 3 is 2.22 bits per heavy atom. The molecular weight excluding hydrogens is 336 g/mol. The molecule has 5 heteroatoms. The van der Waals surface area contributed by atoms with Crippen LogP contribution >= 0.6 is 0 Å². The Kier molecular flexibility index (Phi) is 5.01. The Hall–Kier alpha value is -2.95. The number of hydrogen-bond acceptors (Lipinski definition) is 3. The highest BCUT2D eigenvalue weighted by Crippen LogP contribution is 2.22. The molecule has 1 aliphatic heterocycles. The second-order valence-corrected chi connectivity index (χ2v) is 7.15. The zero-order chi connectivity index (χ0) is 18.6. The van der Waals surface area contributed by atoms with Crippen LogP contribution in [0.25, 0.3) is 16.9 Å². The third-order valence-corrected chi connectivity index (χ3v) is 5.15. The van der Waals surface area contributed by atoms with Gasteiger partial charge in [-0.25, -0.2) is 4.68 Å². The van der Waals surface area contributed by atoms with Crippen LogP contribution in [0.1, 0.15) is 41.6 Å². The van der Waals surface area contributed by atoms with E-state index in [0.29, 0.717) is 0 Å². The standard InChI is InChI=1S/C22H24N4O/c1-17-6-8-18(9-7-17)21-16-23-24-26(21)20-12-10-19(11-13-20)22(27)25-14-4-2-3-5-15-25/h6-13,16H,2-5,14-15H2,1H3. The van der Waals surface area contributed by atoms with Gasteiger partial charge in [-0.2, -0.15) is 0 Å². The number of carbonyl (C=O) groups excluding carboxylic acids is 1. The maximum absolute atomic E-state index is 12.8. The summed E-state index contributed by atoms with van der Waals surface area (Å²) in [6, 6.07) is 16.0. The molecular formula is C22H24N4O. The molecule has 0 aliphatic carbocycles. The zero-order valence-electron chi connectivity index (χ0n) is 15.6. The SMILES string of the molecule is Cc1ccc(-c2cnnn2-c2ccc(C(=O)N3CCCCCC3)cc2)cc1. The lowest BCUT2D eigenvalue weighted by Gasteiger charge is -2.20. The number of rotatable bonds is 3. The van der Waals surface area contributed by atoms with Gasteiger partial charge >= 0.3 is 0 Å². The van der Waals surface area contributed by atoms with Gasteiger partial charge in [-0.3, -0.25) is 4.79 Å². The highest BCUT2D eigenvalue weighted by atomic mass is 16.2. The van der Waals surface area contributed by atoms with Crippen LogP contribution in [0.5, 0.6) is 0 Å². The molecule has 0 bridgehead atoms. The van der Waals surface area contributed by atoms with E-state index in [1.807, 2.05) is 33.8 Å². The summed E-state index contributed by atoms with van der Waals surface area (Å²) in [5, 5.41) is 8.31. The molecule has 1 aliphatic rings. The predicted molar refractivity (Wildman–Crippen MR) is 106 cm³/mol. The van der Waals surface area contributed by atoms with Crippen molar-refractivity contribution in [3.05, 3.63) is 65.9 Å². The molecule has 0 radical (unpaired) electrons. The number of carbonyl (C=O) groups is 1. The van der Waals surface area contributed by atoms with Crippen LogP contribution in [-0.2, 0) is 0 Å². The summed E-state index contributed by atoms with van der Waals surface area (Å²) in [7, 11) is 0. The minimum Gasteiger partial charge on any atom is -0.339 e. The van der Waals surface area contributed by atoms with Crippen LogP contribution in [0.2, 0.25) is 0 Å². The van der Waals surface area contributed by atoms with Gasteiger partial charge in [0.05, 0.1) is 17.6 Å². The van der Waals surface area contributed by atoms with Crippen molar-refractivity contribution in [2.24, 2.45) is 0 Å². The van der Waals surface area contributed by atoms with E-state index in [4.69, 9.17) is 0 Å². The Morgan fingerprint density at radius 1 is 0.889 bits per heavy atom. The lowest BCUT2D eigenvalue weighted by atomic mass is 10.1. The van der Waals surface area contributed by atoms with Crippen molar-refractivity contribution in [1.29, 1.82) is 0 Å². The van der Waals surface area contributed by atoms with E-state index in [1.54, 1.807) is 6.20 Å². The summed E-state index contributed by atoms with van der Waals surface area (Å²) in [6.07, 6.45) is 6.40. The van der Waals surface area contributed by atoms with Crippen molar-refractivity contribution < 1.29 is 4.79 Å². The Bertz CT molecular complexity index is 904. The number of likely N-dealkylation sites (tertiary alicyclic amines) is 1. The van der Waals surface area contributed by atoms with Gasteiger partial charge in [0, 0.05) is 24.2 Å².